The number of aromatic nitrogens is 3. The van der Waals surface area contributed by atoms with Crippen LogP contribution in [0.2, 0.25) is 0 Å². The number of aryl methyl sites for hydroxylation is 1. The molecule has 0 aromatic carbocycles. The van der Waals surface area contributed by atoms with Gasteiger partial charge in [0, 0.05) is 19.3 Å². The van der Waals surface area contributed by atoms with Crippen LogP contribution in [0, 0.1) is 0 Å². The zero-order valence-electron chi connectivity index (χ0n) is 10.7. The molecule has 0 saturated carbocycles. The van der Waals surface area contributed by atoms with Crippen LogP contribution in [0.1, 0.15) is 24.2 Å². The number of carbonyl (C=O) groups is 1. The van der Waals surface area contributed by atoms with E-state index in [0.717, 1.165) is 5.69 Å². The maximum atomic E-state index is 12.1. The summed E-state index contributed by atoms with van der Waals surface area (Å²) in [4.78, 5) is 20.4. The molecule has 0 unspecified atom stereocenters. The van der Waals surface area contributed by atoms with Crippen molar-refractivity contribution in [2.45, 2.75) is 19.9 Å². The molecule has 0 aliphatic rings. The Hall–Kier alpha value is -2.17. The van der Waals surface area contributed by atoms with Crippen LogP contribution >= 0.6 is 0 Å². The Morgan fingerprint density at radius 1 is 1.44 bits per heavy atom. The summed E-state index contributed by atoms with van der Waals surface area (Å²) >= 11 is 0. The molecule has 0 fully saturated rings. The molecule has 0 aliphatic heterocycles. The summed E-state index contributed by atoms with van der Waals surface area (Å²) in [6.45, 7) is 3.86. The standard InChI is InChI=1S/C13H16N4O/c1-9(2)16-13(18)10-5-4-6-15-12(10)11-7-14-8-17(11)3/h4-9H,1-3H3,(H,16,18). The smallest absolute Gasteiger partial charge is 0.253 e. The van der Waals surface area contributed by atoms with E-state index in [-0.39, 0.29) is 11.9 Å². The molecule has 5 heteroatoms. The highest BCUT2D eigenvalue weighted by Gasteiger charge is 2.16. The average molecular weight is 244 g/mol. The molecule has 2 aromatic heterocycles. The van der Waals surface area contributed by atoms with E-state index in [4.69, 9.17) is 0 Å². The number of hydrogen-bond acceptors (Lipinski definition) is 3. The summed E-state index contributed by atoms with van der Waals surface area (Å²) < 4.78 is 1.84. The first kappa shape index (κ1) is 12.3. The van der Waals surface area contributed by atoms with Crippen LogP contribution in [0.5, 0.6) is 0 Å². The molecule has 0 spiro atoms. The van der Waals surface area contributed by atoms with Gasteiger partial charge in [-0.3, -0.25) is 9.78 Å². The van der Waals surface area contributed by atoms with Gasteiger partial charge in [-0.25, -0.2) is 4.98 Å². The van der Waals surface area contributed by atoms with Crippen molar-refractivity contribution in [2.24, 2.45) is 7.05 Å². The van der Waals surface area contributed by atoms with Crippen molar-refractivity contribution in [3.8, 4) is 11.4 Å². The molecular weight excluding hydrogens is 228 g/mol. The lowest BCUT2D eigenvalue weighted by atomic mass is 10.1. The van der Waals surface area contributed by atoms with Crippen LogP contribution in [-0.2, 0) is 7.05 Å². The van der Waals surface area contributed by atoms with Gasteiger partial charge in [-0.15, -0.1) is 0 Å². The predicted octanol–water partition coefficient (Wildman–Crippen LogP) is 1.62. The third-order valence-electron chi connectivity index (χ3n) is 2.53. The Morgan fingerprint density at radius 3 is 2.83 bits per heavy atom. The van der Waals surface area contributed by atoms with Gasteiger partial charge in [0.2, 0.25) is 0 Å². The van der Waals surface area contributed by atoms with Crippen molar-refractivity contribution in [3.05, 3.63) is 36.4 Å². The van der Waals surface area contributed by atoms with E-state index in [2.05, 4.69) is 15.3 Å². The van der Waals surface area contributed by atoms with Crippen molar-refractivity contribution in [2.75, 3.05) is 0 Å². The van der Waals surface area contributed by atoms with Crippen molar-refractivity contribution in [3.63, 3.8) is 0 Å². The summed E-state index contributed by atoms with van der Waals surface area (Å²) in [7, 11) is 1.88. The zero-order valence-corrected chi connectivity index (χ0v) is 10.7. The van der Waals surface area contributed by atoms with Crippen molar-refractivity contribution in [1.82, 2.24) is 19.9 Å². The first-order chi connectivity index (χ1) is 8.59. The van der Waals surface area contributed by atoms with Crippen LogP contribution in [0.25, 0.3) is 11.4 Å². The number of nitrogens with zero attached hydrogens (tertiary/aromatic N) is 3. The van der Waals surface area contributed by atoms with E-state index in [0.29, 0.717) is 11.3 Å². The SMILES string of the molecule is CC(C)NC(=O)c1cccnc1-c1cncn1C. The highest BCUT2D eigenvalue weighted by molar-refractivity contribution is 5.99. The number of imidazole rings is 1. The molecule has 94 valence electrons. The number of nitrogens with one attached hydrogen (secondary N) is 1. The van der Waals surface area contributed by atoms with E-state index in [1.165, 1.54) is 0 Å². The van der Waals surface area contributed by atoms with Gasteiger partial charge in [0.05, 0.1) is 23.8 Å². The summed E-state index contributed by atoms with van der Waals surface area (Å²) in [5.74, 6) is -0.116. The van der Waals surface area contributed by atoms with E-state index in [1.54, 1.807) is 30.9 Å². The highest BCUT2D eigenvalue weighted by atomic mass is 16.1. The maximum absolute atomic E-state index is 12.1. The third-order valence-corrected chi connectivity index (χ3v) is 2.53. The summed E-state index contributed by atoms with van der Waals surface area (Å²) in [6.07, 6.45) is 5.07. The number of rotatable bonds is 3. The molecule has 2 rings (SSSR count). The van der Waals surface area contributed by atoms with E-state index >= 15 is 0 Å². The predicted molar refractivity (Wildman–Crippen MR) is 69.0 cm³/mol. The minimum Gasteiger partial charge on any atom is -0.350 e. The summed E-state index contributed by atoms with van der Waals surface area (Å²) in [6, 6.07) is 3.62. The maximum Gasteiger partial charge on any atom is 0.253 e. The van der Waals surface area contributed by atoms with Crippen molar-refractivity contribution < 1.29 is 4.79 Å². The van der Waals surface area contributed by atoms with E-state index in [1.807, 2.05) is 25.5 Å². The summed E-state index contributed by atoms with van der Waals surface area (Å²) in [5, 5.41) is 2.87. The highest BCUT2D eigenvalue weighted by Crippen LogP contribution is 2.20. The number of amides is 1. The van der Waals surface area contributed by atoms with Gasteiger partial charge in [-0.05, 0) is 26.0 Å². The molecule has 0 saturated heterocycles. The number of pyridine rings is 1. The summed E-state index contributed by atoms with van der Waals surface area (Å²) in [5.41, 5.74) is 2.04. The fourth-order valence-electron chi connectivity index (χ4n) is 1.72. The minimum atomic E-state index is -0.116. The van der Waals surface area contributed by atoms with Crippen LogP contribution in [0.4, 0.5) is 0 Å². The molecule has 18 heavy (non-hydrogen) atoms. The van der Waals surface area contributed by atoms with E-state index in [9.17, 15) is 4.79 Å². The van der Waals surface area contributed by atoms with Crippen LogP contribution in [0.3, 0.4) is 0 Å². The Labute approximate surface area is 106 Å². The van der Waals surface area contributed by atoms with Crippen molar-refractivity contribution >= 4 is 5.91 Å². The van der Waals surface area contributed by atoms with Crippen LogP contribution in [0.15, 0.2) is 30.9 Å². The lowest BCUT2D eigenvalue weighted by Crippen LogP contribution is -2.30. The second-order valence-electron chi connectivity index (χ2n) is 4.42. The normalized spacial score (nSPS) is 10.7. The molecule has 0 radical (unpaired) electrons. The minimum absolute atomic E-state index is 0.0945. The molecule has 0 atom stereocenters. The topological polar surface area (TPSA) is 59.8 Å². The van der Waals surface area contributed by atoms with Gasteiger partial charge < -0.3 is 9.88 Å². The van der Waals surface area contributed by atoms with Gasteiger partial charge in [-0.1, -0.05) is 0 Å². The molecule has 1 N–H and O–H groups in total. The molecular formula is C13H16N4O. The lowest BCUT2D eigenvalue weighted by Gasteiger charge is -2.11. The van der Waals surface area contributed by atoms with Gasteiger partial charge in [0.1, 0.15) is 5.69 Å². The second-order valence-corrected chi connectivity index (χ2v) is 4.42. The molecule has 1 amide bonds. The molecule has 0 bridgehead atoms. The zero-order chi connectivity index (χ0) is 13.1. The monoisotopic (exact) mass is 244 g/mol. The Balaban J connectivity index is 2.44. The Bertz CT molecular complexity index is 560. The second kappa shape index (κ2) is 5.00. The Kier molecular flexibility index (Phi) is 3.41. The van der Waals surface area contributed by atoms with E-state index < -0.39 is 0 Å². The van der Waals surface area contributed by atoms with Crippen LogP contribution in [-0.4, -0.2) is 26.5 Å². The molecule has 0 aliphatic carbocycles. The van der Waals surface area contributed by atoms with Crippen LogP contribution < -0.4 is 5.32 Å². The number of carbonyl (C=O) groups excluding carboxylic acids is 1. The molecule has 2 aromatic rings. The van der Waals surface area contributed by atoms with Gasteiger partial charge in [-0.2, -0.15) is 0 Å². The van der Waals surface area contributed by atoms with Gasteiger partial charge in [0.15, 0.2) is 0 Å². The lowest BCUT2D eigenvalue weighted by molar-refractivity contribution is 0.0943. The number of hydrogen-bond donors (Lipinski definition) is 1. The fraction of sp³-hybridized carbons (Fsp3) is 0.308. The quantitative estimate of drug-likeness (QED) is 0.892. The first-order valence-corrected chi connectivity index (χ1v) is 5.82. The molecule has 5 nitrogen and oxygen atoms in total. The first-order valence-electron chi connectivity index (χ1n) is 5.82. The molecule has 2 heterocycles. The fourth-order valence-corrected chi connectivity index (χ4v) is 1.72. The third kappa shape index (κ3) is 2.40. The van der Waals surface area contributed by atoms with Gasteiger partial charge in [0.25, 0.3) is 5.91 Å². The van der Waals surface area contributed by atoms with Gasteiger partial charge >= 0.3 is 0 Å². The Morgan fingerprint density at radius 2 is 2.22 bits per heavy atom. The van der Waals surface area contributed by atoms with Crippen molar-refractivity contribution in [1.29, 1.82) is 0 Å². The largest absolute Gasteiger partial charge is 0.350 e. The average Bonchev–Trinajstić information content (AvgIpc) is 2.74.